The number of H-pyrrole nitrogens is 1. The number of hydrogen-bond donors (Lipinski definition) is 1. The van der Waals surface area contributed by atoms with E-state index in [4.69, 9.17) is 9.47 Å². The van der Waals surface area contributed by atoms with Crippen molar-refractivity contribution in [3.8, 4) is 0 Å². The lowest BCUT2D eigenvalue weighted by atomic mass is 10.1. The third kappa shape index (κ3) is 2.56. The van der Waals surface area contributed by atoms with E-state index in [9.17, 15) is 4.79 Å². The van der Waals surface area contributed by atoms with E-state index in [0.717, 1.165) is 30.9 Å². The lowest BCUT2D eigenvalue weighted by molar-refractivity contribution is 0.0514. The summed E-state index contributed by atoms with van der Waals surface area (Å²) in [6, 6.07) is 6.15. The number of fused-ring (bicyclic) bond motifs is 3. The summed E-state index contributed by atoms with van der Waals surface area (Å²) in [6.07, 6.45) is 1.67. The highest BCUT2D eigenvalue weighted by Gasteiger charge is 2.20. The summed E-state index contributed by atoms with van der Waals surface area (Å²) in [5.41, 5.74) is 2.97. The van der Waals surface area contributed by atoms with E-state index in [1.54, 1.807) is 20.2 Å². The van der Waals surface area contributed by atoms with E-state index in [0.29, 0.717) is 18.9 Å². The number of esters is 1. The number of nitrogens with one attached hydrogen (secondary N) is 1. The van der Waals surface area contributed by atoms with Crippen LogP contribution in [0.1, 0.15) is 23.0 Å². The molecule has 0 bridgehead atoms. The molecule has 0 unspecified atom stereocenters. The van der Waals surface area contributed by atoms with Crippen molar-refractivity contribution in [1.29, 1.82) is 0 Å². The number of rotatable bonds is 4. The molecule has 6 heteroatoms. The molecule has 0 spiro atoms. The molecule has 1 N–H and O–H groups in total. The van der Waals surface area contributed by atoms with E-state index >= 15 is 0 Å². The molecule has 0 saturated carbocycles. The number of aromatic nitrogens is 2. The predicted octanol–water partition coefficient (Wildman–Crippen LogP) is 3.64. The van der Waals surface area contributed by atoms with Gasteiger partial charge in [-0.25, -0.2) is 9.78 Å². The molecule has 22 heavy (non-hydrogen) atoms. The van der Waals surface area contributed by atoms with Crippen LogP contribution in [-0.4, -0.2) is 29.7 Å². The average Bonchev–Trinajstić information content (AvgIpc) is 2.86. The smallest absolute Gasteiger partial charge is 0.357 e. The Morgan fingerprint density at radius 2 is 2.18 bits per heavy atom. The molecule has 0 aliphatic carbocycles. The van der Waals surface area contributed by atoms with E-state index in [1.165, 1.54) is 0 Å². The molecule has 0 fully saturated rings. The van der Waals surface area contributed by atoms with Gasteiger partial charge in [0.05, 0.1) is 24.9 Å². The molecule has 2 aromatic heterocycles. The van der Waals surface area contributed by atoms with Crippen molar-refractivity contribution in [2.75, 3.05) is 13.7 Å². The fourth-order valence-corrected chi connectivity index (χ4v) is 3.08. The highest BCUT2D eigenvalue weighted by molar-refractivity contribution is 14.1. The molecule has 2 heterocycles. The molecule has 3 rings (SSSR count). The maximum Gasteiger partial charge on any atom is 0.357 e. The van der Waals surface area contributed by atoms with Gasteiger partial charge in [-0.1, -0.05) is 0 Å². The van der Waals surface area contributed by atoms with Crippen molar-refractivity contribution in [3.63, 3.8) is 0 Å². The first-order chi connectivity index (χ1) is 10.7. The molecule has 0 radical (unpaired) electrons. The zero-order valence-corrected chi connectivity index (χ0v) is 14.4. The maximum absolute atomic E-state index is 12.2. The number of hydrogen-bond acceptors (Lipinski definition) is 4. The van der Waals surface area contributed by atoms with E-state index < -0.39 is 5.97 Å². The van der Waals surface area contributed by atoms with Crippen molar-refractivity contribution in [1.82, 2.24) is 9.97 Å². The summed E-state index contributed by atoms with van der Waals surface area (Å²) in [4.78, 5) is 19.8. The molecule has 1 aromatic carbocycles. The zero-order chi connectivity index (χ0) is 15.7. The third-order valence-electron chi connectivity index (χ3n) is 3.46. The minimum atomic E-state index is -0.420. The van der Waals surface area contributed by atoms with Gasteiger partial charge in [-0.15, -0.1) is 0 Å². The van der Waals surface area contributed by atoms with Gasteiger partial charge in [-0.3, -0.25) is 0 Å². The summed E-state index contributed by atoms with van der Waals surface area (Å²) in [5, 5.41) is 2.02. The minimum absolute atomic E-state index is 0.302. The first-order valence-corrected chi connectivity index (χ1v) is 7.98. The Bertz CT molecular complexity index is 857. The van der Waals surface area contributed by atoms with E-state index in [1.807, 2.05) is 12.1 Å². The lowest BCUT2D eigenvalue weighted by Crippen LogP contribution is -2.11. The Balaban J connectivity index is 2.34. The summed E-state index contributed by atoms with van der Waals surface area (Å²) >= 11 is 2.27. The maximum atomic E-state index is 12.2. The van der Waals surface area contributed by atoms with E-state index in [2.05, 4.69) is 38.6 Å². The van der Waals surface area contributed by atoms with Crippen LogP contribution in [0.4, 0.5) is 0 Å². The largest absolute Gasteiger partial charge is 0.461 e. The number of halogens is 1. The van der Waals surface area contributed by atoms with Crippen molar-refractivity contribution in [2.45, 2.75) is 13.5 Å². The predicted molar refractivity (Wildman–Crippen MR) is 93.0 cm³/mol. The number of ether oxygens (including phenoxy) is 2. The molecule has 0 saturated heterocycles. The van der Waals surface area contributed by atoms with Gasteiger partial charge >= 0.3 is 5.97 Å². The van der Waals surface area contributed by atoms with Crippen molar-refractivity contribution in [3.05, 3.63) is 39.2 Å². The molecule has 114 valence electrons. The number of aromatic amines is 1. The fourth-order valence-electron chi connectivity index (χ4n) is 2.59. The van der Waals surface area contributed by atoms with Gasteiger partial charge in [0, 0.05) is 32.5 Å². The summed E-state index contributed by atoms with van der Waals surface area (Å²) in [7, 11) is 1.60. The second kappa shape index (κ2) is 6.21. The van der Waals surface area contributed by atoms with Crippen LogP contribution in [-0.2, 0) is 16.1 Å². The van der Waals surface area contributed by atoms with Gasteiger partial charge < -0.3 is 14.5 Å². The number of benzene rings is 1. The number of pyridine rings is 1. The number of methoxy groups -OCH3 is 1. The minimum Gasteiger partial charge on any atom is -0.461 e. The SMILES string of the molecule is CCOC(=O)c1ncc2[nH]c3ccc(I)cc3c2c1COC. The highest BCUT2D eigenvalue weighted by Crippen LogP contribution is 2.31. The first-order valence-electron chi connectivity index (χ1n) is 6.90. The Morgan fingerprint density at radius 3 is 2.91 bits per heavy atom. The van der Waals surface area contributed by atoms with Crippen LogP contribution in [0.3, 0.4) is 0 Å². The normalized spacial score (nSPS) is 11.2. The highest BCUT2D eigenvalue weighted by atomic mass is 127. The standard InChI is InChI=1S/C16H15IN2O3/c1-3-22-16(20)15-11(8-21-2)14-10-6-9(17)4-5-12(10)19-13(14)7-18-15/h4-7,19H,3,8H2,1-2H3. The van der Waals surface area contributed by atoms with Crippen molar-refractivity contribution in [2.24, 2.45) is 0 Å². The summed E-state index contributed by atoms with van der Waals surface area (Å²) < 4.78 is 11.5. The lowest BCUT2D eigenvalue weighted by Gasteiger charge is -2.09. The monoisotopic (exact) mass is 410 g/mol. The molecule has 5 nitrogen and oxygen atoms in total. The fraction of sp³-hybridized carbons (Fsp3) is 0.250. The van der Waals surface area contributed by atoms with Crippen molar-refractivity contribution < 1.29 is 14.3 Å². The Kier molecular flexibility index (Phi) is 4.30. The topological polar surface area (TPSA) is 64.2 Å². The molecule has 0 atom stereocenters. The van der Waals surface area contributed by atoms with Crippen LogP contribution < -0.4 is 0 Å². The number of carbonyl (C=O) groups is 1. The third-order valence-corrected chi connectivity index (χ3v) is 4.13. The molecule has 0 aliphatic heterocycles. The molecule has 0 aliphatic rings. The van der Waals surface area contributed by atoms with Gasteiger partial charge in [-0.2, -0.15) is 0 Å². The quantitative estimate of drug-likeness (QED) is 0.527. The van der Waals surface area contributed by atoms with Crippen molar-refractivity contribution >= 4 is 50.4 Å². The van der Waals surface area contributed by atoms with Gasteiger partial charge in [0.25, 0.3) is 0 Å². The number of carbonyl (C=O) groups excluding carboxylic acids is 1. The Hall–Kier alpha value is -1.67. The van der Waals surface area contributed by atoms with Crippen LogP contribution in [0.2, 0.25) is 0 Å². The second-order valence-electron chi connectivity index (χ2n) is 4.84. The van der Waals surface area contributed by atoms with Gasteiger partial charge in [0.15, 0.2) is 5.69 Å². The van der Waals surface area contributed by atoms with Crippen LogP contribution >= 0.6 is 22.6 Å². The van der Waals surface area contributed by atoms with Crippen LogP contribution in [0.5, 0.6) is 0 Å². The molecular weight excluding hydrogens is 395 g/mol. The van der Waals surface area contributed by atoms with E-state index in [-0.39, 0.29) is 0 Å². The van der Waals surface area contributed by atoms with Crippen LogP contribution in [0.15, 0.2) is 24.4 Å². The summed E-state index contributed by atoms with van der Waals surface area (Å²) in [6.45, 7) is 2.40. The van der Waals surface area contributed by atoms with Crippen LogP contribution in [0.25, 0.3) is 21.8 Å². The van der Waals surface area contributed by atoms with Gasteiger partial charge in [0.1, 0.15) is 0 Å². The summed E-state index contributed by atoms with van der Waals surface area (Å²) in [5.74, 6) is -0.420. The first kappa shape index (κ1) is 15.2. The van der Waals surface area contributed by atoms with Crippen LogP contribution in [0, 0.1) is 3.57 Å². The molecular formula is C16H15IN2O3. The average molecular weight is 410 g/mol. The molecule has 3 aromatic rings. The molecule has 0 amide bonds. The van der Waals surface area contributed by atoms with Gasteiger partial charge in [0.2, 0.25) is 0 Å². The Labute approximate surface area is 141 Å². The second-order valence-corrected chi connectivity index (χ2v) is 6.09. The zero-order valence-electron chi connectivity index (χ0n) is 12.3. The number of nitrogens with zero attached hydrogens (tertiary/aromatic N) is 1. The van der Waals surface area contributed by atoms with Gasteiger partial charge in [-0.05, 0) is 47.7 Å². The Morgan fingerprint density at radius 1 is 1.36 bits per heavy atom.